The van der Waals surface area contributed by atoms with Gasteiger partial charge in [0.25, 0.3) is 0 Å². The van der Waals surface area contributed by atoms with Crippen molar-refractivity contribution in [3.63, 3.8) is 0 Å². The van der Waals surface area contributed by atoms with Crippen molar-refractivity contribution in [1.29, 1.82) is 0 Å². The minimum absolute atomic E-state index is 0.243. The summed E-state index contributed by atoms with van der Waals surface area (Å²) < 4.78 is -1.75. The summed E-state index contributed by atoms with van der Waals surface area (Å²) in [6.07, 6.45) is -0.951. The Balaban J connectivity index is 2.79. The van der Waals surface area contributed by atoms with E-state index in [1.165, 1.54) is 0 Å². The Morgan fingerprint density at radius 2 is 1.78 bits per heavy atom. The molecule has 1 atom stereocenters. The van der Waals surface area contributed by atoms with E-state index < -0.39 is 9.96 Å². The van der Waals surface area contributed by atoms with Crippen LogP contribution in [0.1, 0.15) is 25.0 Å². The molecule has 0 aliphatic heterocycles. The van der Waals surface area contributed by atoms with Gasteiger partial charge in [-0.2, -0.15) is 0 Å². The number of nitrogens with one attached hydrogen (secondary N) is 3. The number of alkyl halides is 3. The number of carbonyl (C=O) groups is 1. The summed E-state index contributed by atoms with van der Waals surface area (Å²) in [4.78, 5) is 11.8. The van der Waals surface area contributed by atoms with E-state index in [1.54, 1.807) is 13.8 Å². The molecule has 0 radical (unpaired) electrons. The molecular formula is C15H20Cl3N3OS. The molecule has 0 saturated carbocycles. The molecule has 1 aromatic carbocycles. The van der Waals surface area contributed by atoms with Gasteiger partial charge in [-0.1, -0.05) is 66.3 Å². The van der Waals surface area contributed by atoms with Crippen LogP contribution >= 0.6 is 47.0 Å². The van der Waals surface area contributed by atoms with Crippen LogP contribution in [0, 0.1) is 19.8 Å². The number of hydrogen-bond acceptors (Lipinski definition) is 2. The zero-order valence-electron chi connectivity index (χ0n) is 13.3. The molecule has 0 fully saturated rings. The second-order valence-corrected chi connectivity index (χ2v) is 8.33. The molecule has 0 aliphatic rings. The van der Waals surface area contributed by atoms with Crippen LogP contribution in [0.4, 0.5) is 5.69 Å². The largest absolute Gasteiger partial charge is 0.339 e. The second kappa shape index (κ2) is 8.38. The predicted molar refractivity (Wildman–Crippen MR) is 102 cm³/mol. The minimum Gasteiger partial charge on any atom is -0.339 e. The molecule has 0 spiro atoms. The molecule has 0 heterocycles. The summed E-state index contributed by atoms with van der Waals surface area (Å²) in [5, 5.41) is 8.73. The van der Waals surface area contributed by atoms with E-state index in [-0.39, 0.29) is 16.9 Å². The maximum absolute atomic E-state index is 11.8. The van der Waals surface area contributed by atoms with E-state index in [0.717, 1.165) is 16.8 Å². The number of rotatable bonds is 4. The van der Waals surface area contributed by atoms with Gasteiger partial charge in [0, 0.05) is 11.6 Å². The lowest BCUT2D eigenvalue weighted by atomic mass is 10.1. The van der Waals surface area contributed by atoms with Gasteiger partial charge in [0.1, 0.15) is 6.17 Å². The Labute approximate surface area is 157 Å². The van der Waals surface area contributed by atoms with Crippen LogP contribution in [0.5, 0.6) is 0 Å². The molecule has 0 aliphatic carbocycles. The Bertz CT molecular complexity index is 588. The van der Waals surface area contributed by atoms with E-state index >= 15 is 0 Å². The average molecular weight is 397 g/mol. The van der Waals surface area contributed by atoms with Gasteiger partial charge in [0.15, 0.2) is 5.11 Å². The standard InChI is InChI=1S/C15H20Cl3N3OS/c1-8(2)12(22)20-13(15(16,17)18)21-14(23)19-11-6-5-9(3)7-10(11)4/h5-8,13H,1-4H3,(H,20,22)(H2,19,21,23). The topological polar surface area (TPSA) is 53.2 Å². The van der Waals surface area contributed by atoms with Crippen LogP contribution in [0.15, 0.2) is 18.2 Å². The highest BCUT2D eigenvalue weighted by atomic mass is 35.6. The van der Waals surface area contributed by atoms with Gasteiger partial charge in [0.2, 0.25) is 9.70 Å². The van der Waals surface area contributed by atoms with Crippen molar-refractivity contribution < 1.29 is 4.79 Å². The summed E-state index contributed by atoms with van der Waals surface area (Å²) in [6, 6.07) is 5.90. The number of hydrogen-bond donors (Lipinski definition) is 3. The molecule has 8 heteroatoms. The van der Waals surface area contributed by atoms with Crippen LogP contribution in [-0.2, 0) is 4.79 Å². The molecule has 0 aromatic heterocycles. The maximum Gasteiger partial charge on any atom is 0.228 e. The zero-order valence-corrected chi connectivity index (χ0v) is 16.4. The SMILES string of the molecule is Cc1ccc(NC(=S)NC(NC(=O)C(C)C)C(Cl)(Cl)Cl)c(C)c1. The van der Waals surface area contributed by atoms with E-state index in [9.17, 15) is 4.79 Å². The fourth-order valence-electron chi connectivity index (χ4n) is 1.75. The molecule has 1 aromatic rings. The molecule has 128 valence electrons. The molecule has 4 nitrogen and oxygen atoms in total. The Kier molecular flexibility index (Phi) is 7.39. The highest BCUT2D eigenvalue weighted by Crippen LogP contribution is 2.29. The van der Waals surface area contributed by atoms with Gasteiger partial charge in [-0.25, -0.2) is 0 Å². The first-order valence-corrected chi connectivity index (χ1v) is 8.56. The van der Waals surface area contributed by atoms with Crippen molar-refractivity contribution in [3.05, 3.63) is 29.3 Å². The van der Waals surface area contributed by atoms with Crippen molar-refractivity contribution in [3.8, 4) is 0 Å². The molecule has 1 amide bonds. The summed E-state index contributed by atoms with van der Waals surface area (Å²) in [7, 11) is 0. The van der Waals surface area contributed by atoms with Crippen molar-refractivity contribution in [1.82, 2.24) is 10.6 Å². The highest BCUT2D eigenvalue weighted by Gasteiger charge is 2.35. The van der Waals surface area contributed by atoms with Crippen LogP contribution in [0.25, 0.3) is 0 Å². The monoisotopic (exact) mass is 395 g/mol. The first-order chi connectivity index (χ1) is 10.5. The van der Waals surface area contributed by atoms with E-state index in [0.29, 0.717) is 0 Å². The number of halogens is 3. The van der Waals surface area contributed by atoms with Crippen molar-refractivity contribution in [2.45, 2.75) is 37.7 Å². The average Bonchev–Trinajstić information content (AvgIpc) is 2.40. The summed E-state index contributed by atoms with van der Waals surface area (Å²) in [5.41, 5.74) is 3.02. The number of amides is 1. The number of thiocarbonyl (C=S) groups is 1. The highest BCUT2D eigenvalue weighted by molar-refractivity contribution is 7.80. The van der Waals surface area contributed by atoms with E-state index in [1.807, 2.05) is 32.0 Å². The molecular weight excluding hydrogens is 377 g/mol. The van der Waals surface area contributed by atoms with Gasteiger partial charge < -0.3 is 16.0 Å². The smallest absolute Gasteiger partial charge is 0.228 e. The Morgan fingerprint density at radius 3 is 2.26 bits per heavy atom. The quantitative estimate of drug-likeness (QED) is 0.408. The van der Waals surface area contributed by atoms with E-state index in [2.05, 4.69) is 16.0 Å². The lowest BCUT2D eigenvalue weighted by Crippen LogP contribution is -2.56. The maximum atomic E-state index is 11.8. The fraction of sp³-hybridized carbons (Fsp3) is 0.467. The third-order valence-corrected chi connectivity index (χ3v) is 3.92. The van der Waals surface area contributed by atoms with Gasteiger partial charge in [-0.15, -0.1) is 0 Å². The molecule has 23 heavy (non-hydrogen) atoms. The summed E-state index contributed by atoms with van der Waals surface area (Å²) in [6.45, 7) is 7.46. The van der Waals surface area contributed by atoms with Crippen LogP contribution in [0.3, 0.4) is 0 Å². The number of anilines is 1. The van der Waals surface area contributed by atoms with Gasteiger partial charge >= 0.3 is 0 Å². The molecule has 0 bridgehead atoms. The van der Waals surface area contributed by atoms with Crippen LogP contribution in [0.2, 0.25) is 0 Å². The molecule has 3 N–H and O–H groups in total. The fourth-order valence-corrected chi connectivity index (χ4v) is 2.31. The summed E-state index contributed by atoms with van der Waals surface area (Å²) >= 11 is 23.0. The predicted octanol–water partition coefficient (Wildman–Crippen LogP) is 4.06. The molecule has 0 saturated heterocycles. The van der Waals surface area contributed by atoms with Crippen molar-refractivity contribution in [2.24, 2.45) is 5.92 Å². The third kappa shape index (κ3) is 6.71. The minimum atomic E-state index is -1.75. The van der Waals surface area contributed by atoms with Crippen molar-refractivity contribution in [2.75, 3.05) is 5.32 Å². The third-order valence-electron chi connectivity index (χ3n) is 3.04. The zero-order chi connectivity index (χ0) is 17.8. The lowest BCUT2D eigenvalue weighted by molar-refractivity contribution is -0.124. The van der Waals surface area contributed by atoms with Gasteiger partial charge in [-0.05, 0) is 37.7 Å². The first-order valence-electron chi connectivity index (χ1n) is 7.02. The number of benzene rings is 1. The van der Waals surface area contributed by atoms with Crippen LogP contribution in [-0.4, -0.2) is 21.0 Å². The second-order valence-electron chi connectivity index (χ2n) is 5.55. The van der Waals surface area contributed by atoms with Crippen molar-refractivity contribution >= 4 is 63.7 Å². The number of aryl methyl sites for hydroxylation is 2. The van der Waals surface area contributed by atoms with Crippen LogP contribution < -0.4 is 16.0 Å². The number of carbonyl (C=O) groups excluding carboxylic acids is 1. The Hall–Kier alpha value is -0.750. The lowest BCUT2D eigenvalue weighted by Gasteiger charge is -2.28. The van der Waals surface area contributed by atoms with Gasteiger partial charge in [-0.3, -0.25) is 4.79 Å². The summed E-state index contributed by atoms with van der Waals surface area (Å²) in [5.74, 6) is -0.490. The first kappa shape index (κ1) is 20.3. The normalized spacial score (nSPS) is 12.7. The Morgan fingerprint density at radius 1 is 1.17 bits per heavy atom. The van der Waals surface area contributed by atoms with E-state index in [4.69, 9.17) is 47.0 Å². The molecule has 1 unspecified atom stereocenters. The molecule has 1 rings (SSSR count). The van der Waals surface area contributed by atoms with Gasteiger partial charge in [0.05, 0.1) is 0 Å².